The quantitative estimate of drug-likeness (QED) is 0.284. The monoisotopic (exact) mass is 503 g/mol. The summed E-state index contributed by atoms with van der Waals surface area (Å²) in [7, 11) is -3.86. The highest BCUT2D eigenvalue weighted by atomic mass is 32.2. The fourth-order valence-electron chi connectivity index (χ4n) is 3.64. The molecule has 3 rings (SSSR count). The fraction of sp³-hybridized carbons (Fsp3) is 0.423. The molecule has 1 fully saturated rings. The van der Waals surface area contributed by atoms with E-state index in [2.05, 4.69) is 0 Å². The van der Waals surface area contributed by atoms with Crippen LogP contribution in [0, 0.1) is 0 Å². The van der Waals surface area contributed by atoms with Gasteiger partial charge in [0.05, 0.1) is 32.1 Å². The summed E-state index contributed by atoms with van der Waals surface area (Å²) in [5, 5.41) is 0. The normalized spacial score (nSPS) is 19.7. The molecule has 1 heterocycles. The molecule has 0 radical (unpaired) electrons. The van der Waals surface area contributed by atoms with E-state index in [-0.39, 0.29) is 13.2 Å². The van der Waals surface area contributed by atoms with Crippen molar-refractivity contribution >= 4 is 16.2 Å². The van der Waals surface area contributed by atoms with Crippen LogP contribution in [0.3, 0.4) is 0 Å². The average molecular weight is 504 g/mol. The highest BCUT2D eigenvalue weighted by Gasteiger charge is 2.45. The van der Waals surface area contributed by atoms with E-state index in [1.807, 2.05) is 60.7 Å². The predicted molar refractivity (Wildman–Crippen MR) is 132 cm³/mol. The second-order valence-corrected chi connectivity index (χ2v) is 10.8. The molecular formula is C26H33NO7S. The lowest BCUT2D eigenvalue weighted by Crippen LogP contribution is -2.47. The van der Waals surface area contributed by atoms with Crippen molar-refractivity contribution in [2.45, 2.75) is 51.4 Å². The number of carbonyl (C=O) groups is 1. The summed E-state index contributed by atoms with van der Waals surface area (Å²) in [6, 6.07) is 18.6. The third-order valence-electron chi connectivity index (χ3n) is 5.04. The standard InChI is InChI=1S/C26H33NO7S/c1-26(2,3)33-25(28)27-22(21-14-9-6-10-15-21)19-32-24(27)23(34-35(4,29)30)16-11-17-31-18-20-12-7-5-8-13-20/h5-16,22-24H,17-19H2,1-4H3/b16-11+/t22-,23-,24+/m0/s1. The predicted octanol–water partition coefficient (Wildman–Crippen LogP) is 4.44. The number of nitrogens with zero attached hydrogens (tertiary/aromatic N) is 1. The van der Waals surface area contributed by atoms with Crippen LogP contribution >= 0.6 is 0 Å². The van der Waals surface area contributed by atoms with Crippen LogP contribution in [0.2, 0.25) is 0 Å². The van der Waals surface area contributed by atoms with Crippen LogP contribution in [0.25, 0.3) is 0 Å². The number of hydrogen-bond donors (Lipinski definition) is 0. The SMILES string of the molecule is CC(C)(C)OC(=O)N1[C@@H]([C@H](/C=C/COCc2ccccc2)OS(C)(=O)=O)OC[C@H]1c1ccccc1. The molecule has 2 aromatic carbocycles. The molecule has 0 saturated carbocycles. The summed E-state index contributed by atoms with van der Waals surface area (Å²) >= 11 is 0. The van der Waals surface area contributed by atoms with Gasteiger partial charge in [-0.2, -0.15) is 8.42 Å². The largest absolute Gasteiger partial charge is 0.444 e. The van der Waals surface area contributed by atoms with Crippen molar-refractivity contribution in [1.29, 1.82) is 0 Å². The van der Waals surface area contributed by atoms with Gasteiger partial charge in [-0.05, 0) is 31.9 Å². The lowest BCUT2D eigenvalue weighted by molar-refractivity contribution is -0.0465. The molecule has 35 heavy (non-hydrogen) atoms. The minimum Gasteiger partial charge on any atom is -0.444 e. The van der Waals surface area contributed by atoms with E-state index < -0.39 is 40.2 Å². The summed E-state index contributed by atoms with van der Waals surface area (Å²) in [6.45, 7) is 6.09. The smallest absolute Gasteiger partial charge is 0.413 e. The van der Waals surface area contributed by atoms with Crippen molar-refractivity contribution < 1.29 is 31.6 Å². The molecule has 0 spiro atoms. The van der Waals surface area contributed by atoms with Gasteiger partial charge in [0.15, 0.2) is 6.23 Å². The summed E-state index contributed by atoms with van der Waals surface area (Å²) in [6.07, 6.45) is 1.43. The van der Waals surface area contributed by atoms with Gasteiger partial charge in [-0.1, -0.05) is 72.8 Å². The van der Waals surface area contributed by atoms with Crippen molar-refractivity contribution in [2.75, 3.05) is 19.5 Å². The van der Waals surface area contributed by atoms with Gasteiger partial charge in [-0.25, -0.2) is 4.79 Å². The number of amides is 1. The first-order valence-corrected chi connectivity index (χ1v) is 13.2. The van der Waals surface area contributed by atoms with Crippen molar-refractivity contribution in [2.24, 2.45) is 0 Å². The van der Waals surface area contributed by atoms with Crippen LogP contribution in [0.1, 0.15) is 37.9 Å². The van der Waals surface area contributed by atoms with E-state index in [1.165, 1.54) is 4.90 Å². The molecule has 1 saturated heterocycles. The summed E-state index contributed by atoms with van der Waals surface area (Å²) < 4.78 is 46.7. The van der Waals surface area contributed by atoms with Crippen LogP contribution in [-0.4, -0.2) is 56.8 Å². The van der Waals surface area contributed by atoms with Crippen LogP contribution in [-0.2, 0) is 35.1 Å². The van der Waals surface area contributed by atoms with Crippen molar-refractivity contribution in [3.63, 3.8) is 0 Å². The Bertz CT molecular complexity index is 1080. The van der Waals surface area contributed by atoms with Crippen molar-refractivity contribution in [3.8, 4) is 0 Å². The minimum absolute atomic E-state index is 0.163. The molecular weight excluding hydrogens is 470 g/mol. The van der Waals surface area contributed by atoms with Gasteiger partial charge in [0, 0.05) is 0 Å². The van der Waals surface area contributed by atoms with E-state index in [4.69, 9.17) is 18.4 Å². The molecule has 9 heteroatoms. The van der Waals surface area contributed by atoms with Crippen molar-refractivity contribution in [3.05, 3.63) is 83.9 Å². The molecule has 190 valence electrons. The molecule has 8 nitrogen and oxygen atoms in total. The zero-order valence-electron chi connectivity index (χ0n) is 20.5. The van der Waals surface area contributed by atoms with E-state index in [1.54, 1.807) is 32.9 Å². The molecule has 2 aromatic rings. The summed E-state index contributed by atoms with van der Waals surface area (Å²) in [4.78, 5) is 14.6. The number of benzene rings is 2. The maximum Gasteiger partial charge on any atom is 0.413 e. The molecule has 1 aliphatic heterocycles. The van der Waals surface area contributed by atoms with Crippen LogP contribution in [0.4, 0.5) is 4.79 Å². The molecule has 0 unspecified atom stereocenters. The van der Waals surface area contributed by atoms with Gasteiger partial charge in [0.2, 0.25) is 0 Å². The minimum atomic E-state index is -3.86. The summed E-state index contributed by atoms with van der Waals surface area (Å²) in [5.74, 6) is 0. The molecule has 0 aliphatic carbocycles. The van der Waals surface area contributed by atoms with E-state index in [0.717, 1.165) is 17.4 Å². The summed E-state index contributed by atoms with van der Waals surface area (Å²) in [5.41, 5.74) is 1.11. The van der Waals surface area contributed by atoms with Crippen LogP contribution in [0.15, 0.2) is 72.8 Å². The van der Waals surface area contributed by atoms with E-state index in [0.29, 0.717) is 6.61 Å². The lowest BCUT2D eigenvalue weighted by Gasteiger charge is -2.33. The molecule has 1 amide bonds. The van der Waals surface area contributed by atoms with Gasteiger partial charge in [0.1, 0.15) is 11.7 Å². The number of rotatable bonds is 9. The first-order valence-electron chi connectivity index (χ1n) is 11.4. The molecule has 1 aliphatic rings. The van der Waals surface area contributed by atoms with Crippen LogP contribution in [0.5, 0.6) is 0 Å². The molecule has 3 atom stereocenters. The highest BCUT2D eigenvalue weighted by Crippen LogP contribution is 2.34. The first kappa shape index (κ1) is 26.9. The Labute approximate surface area is 207 Å². The molecule has 0 bridgehead atoms. The Morgan fingerprint density at radius 2 is 1.74 bits per heavy atom. The van der Waals surface area contributed by atoms with Gasteiger partial charge < -0.3 is 14.2 Å². The Morgan fingerprint density at radius 1 is 1.11 bits per heavy atom. The van der Waals surface area contributed by atoms with E-state index in [9.17, 15) is 13.2 Å². The zero-order valence-corrected chi connectivity index (χ0v) is 21.3. The average Bonchev–Trinajstić information content (AvgIpc) is 3.23. The van der Waals surface area contributed by atoms with Gasteiger partial charge in [-0.3, -0.25) is 9.08 Å². The maximum atomic E-state index is 13.2. The Balaban J connectivity index is 1.81. The maximum absolute atomic E-state index is 13.2. The third kappa shape index (κ3) is 8.47. The zero-order chi connectivity index (χ0) is 25.5. The Kier molecular flexibility index (Phi) is 9.07. The fourth-order valence-corrected chi connectivity index (χ4v) is 4.21. The number of ether oxygens (including phenoxy) is 3. The van der Waals surface area contributed by atoms with Crippen LogP contribution < -0.4 is 0 Å². The number of carbonyl (C=O) groups excluding carboxylic acids is 1. The van der Waals surface area contributed by atoms with E-state index >= 15 is 0 Å². The topological polar surface area (TPSA) is 91.4 Å². The van der Waals surface area contributed by atoms with Gasteiger partial charge in [-0.15, -0.1) is 0 Å². The third-order valence-corrected chi connectivity index (χ3v) is 5.61. The number of hydrogen-bond acceptors (Lipinski definition) is 7. The molecule has 0 aromatic heterocycles. The lowest BCUT2D eigenvalue weighted by atomic mass is 10.1. The second-order valence-electron chi connectivity index (χ2n) is 9.23. The Hall–Kier alpha value is -2.72. The second kappa shape index (κ2) is 11.8. The van der Waals surface area contributed by atoms with Gasteiger partial charge >= 0.3 is 6.09 Å². The molecule has 0 N–H and O–H groups in total. The highest BCUT2D eigenvalue weighted by molar-refractivity contribution is 7.86. The van der Waals surface area contributed by atoms with Gasteiger partial charge in [0.25, 0.3) is 10.1 Å². The Morgan fingerprint density at radius 3 is 2.34 bits per heavy atom. The van der Waals surface area contributed by atoms with Crippen molar-refractivity contribution in [1.82, 2.24) is 4.90 Å². The first-order chi connectivity index (χ1) is 16.5.